The van der Waals surface area contributed by atoms with Crippen LogP contribution < -0.4 is 0 Å². The van der Waals surface area contributed by atoms with E-state index in [-0.39, 0.29) is 5.97 Å². The van der Waals surface area contributed by atoms with Crippen LogP contribution in [0.5, 0.6) is 0 Å². The van der Waals surface area contributed by atoms with Gasteiger partial charge in [-0.3, -0.25) is 4.79 Å². The third-order valence-electron chi connectivity index (χ3n) is 3.09. The van der Waals surface area contributed by atoms with Gasteiger partial charge in [-0.1, -0.05) is 49.4 Å². The quantitative estimate of drug-likeness (QED) is 0.520. The van der Waals surface area contributed by atoms with Gasteiger partial charge in [0.05, 0.1) is 6.42 Å². The van der Waals surface area contributed by atoms with Crippen molar-refractivity contribution in [2.24, 2.45) is 5.92 Å². The van der Waals surface area contributed by atoms with Crippen molar-refractivity contribution >= 4 is 5.97 Å². The zero-order chi connectivity index (χ0) is 14.8. The first-order valence-electron chi connectivity index (χ1n) is 7.08. The Kier molecular flexibility index (Phi) is 7.41. The van der Waals surface area contributed by atoms with E-state index in [4.69, 9.17) is 4.74 Å². The molecular formula is C18H24O2. The molecule has 1 aromatic carbocycles. The van der Waals surface area contributed by atoms with Gasteiger partial charge in [-0.05, 0) is 36.8 Å². The number of carbonyl (C=O) groups is 1. The average Bonchev–Trinajstić information content (AvgIpc) is 2.44. The number of ether oxygens (including phenoxy) is 1. The summed E-state index contributed by atoms with van der Waals surface area (Å²) in [4.78, 5) is 11.7. The van der Waals surface area contributed by atoms with E-state index < -0.39 is 0 Å². The van der Waals surface area contributed by atoms with Crippen LogP contribution in [0.15, 0.2) is 54.6 Å². The van der Waals surface area contributed by atoms with Crippen molar-refractivity contribution in [1.29, 1.82) is 0 Å². The molecule has 0 bridgehead atoms. The minimum Gasteiger partial charge on any atom is -0.461 e. The van der Waals surface area contributed by atoms with Gasteiger partial charge in [0, 0.05) is 0 Å². The second-order valence-electron chi connectivity index (χ2n) is 5.24. The van der Waals surface area contributed by atoms with Crippen LogP contribution in [-0.2, 0) is 16.0 Å². The van der Waals surface area contributed by atoms with Crippen LogP contribution in [0.2, 0.25) is 0 Å². The van der Waals surface area contributed by atoms with E-state index in [0.29, 0.717) is 18.9 Å². The molecule has 0 radical (unpaired) electrons. The highest BCUT2D eigenvalue weighted by Gasteiger charge is 2.05. The molecule has 1 unspecified atom stereocenters. The van der Waals surface area contributed by atoms with Gasteiger partial charge in [-0.2, -0.15) is 0 Å². The van der Waals surface area contributed by atoms with Gasteiger partial charge in [0.1, 0.15) is 6.61 Å². The molecule has 1 atom stereocenters. The molecule has 0 N–H and O–H groups in total. The van der Waals surface area contributed by atoms with Crippen molar-refractivity contribution in [1.82, 2.24) is 0 Å². The lowest BCUT2D eigenvalue weighted by Crippen LogP contribution is -2.09. The Labute approximate surface area is 122 Å². The Morgan fingerprint density at radius 2 is 2.00 bits per heavy atom. The normalized spacial score (nSPS) is 12.8. The van der Waals surface area contributed by atoms with Gasteiger partial charge in [-0.25, -0.2) is 0 Å². The van der Waals surface area contributed by atoms with Gasteiger partial charge in [0.2, 0.25) is 0 Å². The van der Waals surface area contributed by atoms with Crippen LogP contribution in [0.1, 0.15) is 32.3 Å². The first kappa shape index (κ1) is 16.2. The topological polar surface area (TPSA) is 26.3 Å². The summed E-state index contributed by atoms with van der Waals surface area (Å²) in [6, 6.07) is 9.65. The van der Waals surface area contributed by atoms with Crippen molar-refractivity contribution in [3.63, 3.8) is 0 Å². The van der Waals surface area contributed by atoms with E-state index in [9.17, 15) is 4.79 Å². The van der Waals surface area contributed by atoms with Gasteiger partial charge in [-0.15, -0.1) is 6.58 Å². The molecular weight excluding hydrogens is 248 g/mol. The predicted molar refractivity (Wildman–Crippen MR) is 83.5 cm³/mol. The summed E-state index contributed by atoms with van der Waals surface area (Å²) in [6.07, 6.45) is 6.42. The van der Waals surface area contributed by atoms with Crippen molar-refractivity contribution in [3.05, 3.63) is 60.2 Å². The first-order valence-corrected chi connectivity index (χ1v) is 7.08. The SMILES string of the molecule is C=CCC(C)C/C=C(\C)COC(=O)Cc1ccccc1. The third-order valence-corrected chi connectivity index (χ3v) is 3.09. The summed E-state index contributed by atoms with van der Waals surface area (Å²) >= 11 is 0. The van der Waals surface area contributed by atoms with E-state index in [2.05, 4.69) is 19.6 Å². The molecule has 0 aromatic heterocycles. The number of allylic oxidation sites excluding steroid dienone is 2. The Morgan fingerprint density at radius 3 is 2.65 bits per heavy atom. The Balaban J connectivity index is 2.29. The molecule has 0 saturated carbocycles. The summed E-state index contributed by atoms with van der Waals surface area (Å²) in [5, 5.41) is 0. The summed E-state index contributed by atoms with van der Waals surface area (Å²) in [7, 11) is 0. The lowest BCUT2D eigenvalue weighted by molar-refractivity contribution is -0.141. The van der Waals surface area contributed by atoms with E-state index in [1.165, 1.54) is 0 Å². The maximum Gasteiger partial charge on any atom is 0.310 e. The molecule has 1 rings (SSSR count). The molecule has 0 heterocycles. The number of rotatable bonds is 8. The van der Waals surface area contributed by atoms with Crippen LogP contribution in [0.3, 0.4) is 0 Å². The van der Waals surface area contributed by atoms with E-state index >= 15 is 0 Å². The van der Waals surface area contributed by atoms with E-state index in [1.807, 2.05) is 43.3 Å². The minimum absolute atomic E-state index is 0.178. The molecule has 108 valence electrons. The van der Waals surface area contributed by atoms with E-state index in [1.54, 1.807) is 0 Å². The standard InChI is InChI=1S/C18H24O2/c1-4-8-15(2)11-12-16(3)14-20-18(19)13-17-9-6-5-7-10-17/h4-7,9-10,12,15H,1,8,11,13-14H2,2-3H3/b16-12+. The second kappa shape index (κ2) is 9.13. The third kappa shape index (κ3) is 6.93. The fraction of sp³-hybridized carbons (Fsp3) is 0.389. The number of hydrogen-bond donors (Lipinski definition) is 0. The second-order valence-corrected chi connectivity index (χ2v) is 5.24. The largest absolute Gasteiger partial charge is 0.461 e. The summed E-state index contributed by atoms with van der Waals surface area (Å²) < 4.78 is 5.27. The Morgan fingerprint density at radius 1 is 1.30 bits per heavy atom. The predicted octanol–water partition coefficient (Wildman–Crippen LogP) is 4.32. The molecule has 0 saturated heterocycles. The molecule has 0 fully saturated rings. The van der Waals surface area contributed by atoms with Crippen LogP contribution in [0, 0.1) is 5.92 Å². The zero-order valence-corrected chi connectivity index (χ0v) is 12.5. The summed E-state index contributed by atoms with van der Waals surface area (Å²) in [6.45, 7) is 8.30. The summed E-state index contributed by atoms with van der Waals surface area (Å²) in [5.41, 5.74) is 2.08. The number of carbonyl (C=O) groups excluding carboxylic acids is 1. The van der Waals surface area contributed by atoms with Gasteiger partial charge in [0.15, 0.2) is 0 Å². The van der Waals surface area contributed by atoms with Crippen molar-refractivity contribution in [3.8, 4) is 0 Å². The minimum atomic E-state index is -0.178. The smallest absolute Gasteiger partial charge is 0.310 e. The highest BCUT2D eigenvalue weighted by molar-refractivity contribution is 5.72. The fourth-order valence-electron chi connectivity index (χ4n) is 1.85. The van der Waals surface area contributed by atoms with Gasteiger partial charge >= 0.3 is 5.97 Å². The Hall–Kier alpha value is -1.83. The molecule has 2 heteroatoms. The molecule has 0 aliphatic heterocycles. The van der Waals surface area contributed by atoms with Gasteiger partial charge in [0.25, 0.3) is 0 Å². The number of hydrogen-bond acceptors (Lipinski definition) is 2. The number of esters is 1. The molecule has 0 spiro atoms. The fourth-order valence-corrected chi connectivity index (χ4v) is 1.85. The summed E-state index contributed by atoms with van der Waals surface area (Å²) in [5.74, 6) is 0.408. The van der Waals surface area contributed by atoms with Crippen molar-refractivity contribution in [2.75, 3.05) is 6.61 Å². The van der Waals surface area contributed by atoms with Crippen molar-refractivity contribution < 1.29 is 9.53 Å². The highest BCUT2D eigenvalue weighted by atomic mass is 16.5. The molecule has 0 aliphatic carbocycles. The lowest BCUT2D eigenvalue weighted by atomic mass is 10.0. The molecule has 0 aliphatic rings. The van der Waals surface area contributed by atoms with Crippen LogP contribution in [-0.4, -0.2) is 12.6 Å². The van der Waals surface area contributed by atoms with Crippen LogP contribution >= 0.6 is 0 Å². The molecule has 2 nitrogen and oxygen atoms in total. The average molecular weight is 272 g/mol. The van der Waals surface area contributed by atoms with E-state index in [0.717, 1.165) is 24.0 Å². The van der Waals surface area contributed by atoms with Crippen molar-refractivity contribution in [2.45, 2.75) is 33.1 Å². The maximum absolute atomic E-state index is 11.7. The van der Waals surface area contributed by atoms with Crippen LogP contribution in [0.25, 0.3) is 0 Å². The van der Waals surface area contributed by atoms with Crippen LogP contribution in [0.4, 0.5) is 0 Å². The molecule has 0 amide bonds. The maximum atomic E-state index is 11.7. The number of benzene rings is 1. The lowest BCUT2D eigenvalue weighted by Gasteiger charge is -2.08. The highest BCUT2D eigenvalue weighted by Crippen LogP contribution is 2.10. The Bertz CT molecular complexity index is 446. The monoisotopic (exact) mass is 272 g/mol. The zero-order valence-electron chi connectivity index (χ0n) is 12.5. The first-order chi connectivity index (χ1) is 9.61. The molecule has 1 aromatic rings. The molecule has 20 heavy (non-hydrogen) atoms. The van der Waals surface area contributed by atoms with Gasteiger partial charge < -0.3 is 4.74 Å².